The Kier molecular flexibility index (Phi) is 6.53. The van der Waals surface area contributed by atoms with E-state index >= 15 is 0 Å². The average molecular weight is 429 g/mol. The van der Waals surface area contributed by atoms with Crippen LogP contribution in [0.4, 0.5) is 0 Å². The largest absolute Gasteiger partial charge is 0.393 e. The third-order valence-corrected chi connectivity index (χ3v) is 11.8. The highest BCUT2D eigenvalue weighted by molar-refractivity contribution is 5.29. The van der Waals surface area contributed by atoms with Crippen molar-refractivity contribution < 1.29 is 5.11 Å². The molecule has 0 aromatic carbocycles. The summed E-state index contributed by atoms with van der Waals surface area (Å²) >= 11 is 0. The van der Waals surface area contributed by atoms with E-state index < -0.39 is 0 Å². The Morgan fingerprint density at radius 1 is 0.935 bits per heavy atom. The first-order valence-electron chi connectivity index (χ1n) is 14.0. The van der Waals surface area contributed by atoms with Crippen molar-refractivity contribution in [2.24, 2.45) is 51.8 Å². The molecule has 178 valence electrons. The molecule has 0 spiro atoms. The highest BCUT2D eigenvalue weighted by Crippen LogP contribution is 2.69. The van der Waals surface area contributed by atoms with Crippen LogP contribution in [0, 0.1) is 51.8 Å². The topological polar surface area (TPSA) is 20.2 Å². The van der Waals surface area contributed by atoms with Crippen LogP contribution in [0.5, 0.6) is 0 Å². The van der Waals surface area contributed by atoms with Crippen LogP contribution in [0.2, 0.25) is 0 Å². The summed E-state index contributed by atoms with van der Waals surface area (Å²) in [7, 11) is 0. The molecule has 4 aliphatic carbocycles. The molecule has 1 nitrogen and oxygen atoms in total. The van der Waals surface area contributed by atoms with E-state index in [1.807, 2.05) is 5.57 Å². The van der Waals surface area contributed by atoms with E-state index in [-0.39, 0.29) is 11.5 Å². The van der Waals surface area contributed by atoms with Gasteiger partial charge in [-0.05, 0) is 103 Å². The number of fused-ring (bicyclic) bond motifs is 5. The Labute approximate surface area is 193 Å². The lowest BCUT2D eigenvalue weighted by molar-refractivity contribution is -0.135. The third kappa shape index (κ3) is 3.68. The van der Waals surface area contributed by atoms with Crippen molar-refractivity contribution in [3.8, 4) is 0 Å². The third-order valence-electron chi connectivity index (χ3n) is 11.8. The first-order chi connectivity index (χ1) is 14.6. The summed E-state index contributed by atoms with van der Waals surface area (Å²) in [5.74, 6) is 4.91. The smallest absolute Gasteiger partial charge is 0.0596 e. The normalized spacial score (nSPS) is 48.0. The molecule has 1 N–H and O–H groups in total. The minimum Gasteiger partial charge on any atom is -0.393 e. The highest BCUT2D eigenvalue weighted by atomic mass is 16.3. The van der Waals surface area contributed by atoms with Crippen molar-refractivity contribution in [2.75, 3.05) is 0 Å². The second-order valence-electron chi connectivity index (χ2n) is 13.5. The van der Waals surface area contributed by atoms with Crippen molar-refractivity contribution in [2.45, 2.75) is 125 Å². The number of allylic oxidation sites excluding steroid dienone is 2. The molecule has 0 radical (unpaired) electrons. The summed E-state index contributed by atoms with van der Waals surface area (Å²) in [5, 5.41) is 10.9. The van der Waals surface area contributed by atoms with E-state index in [2.05, 4.69) is 54.5 Å². The SMILES string of the molecule is CC[C@]1(C)C2CC=C3[C@@H]4CC[C@H]([C@H](C)CCCC(C)C)[C@@]4(C)CC[C@@H]3[C@@]2(C)CC[C@H]1O. The zero-order valence-electron chi connectivity index (χ0n) is 21.8. The summed E-state index contributed by atoms with van der Waals surface area (Å²) in [6, 6.07) is 0. The molecule has 1 heteroatoms. The quantitative estimate of drug-likeness (QED) is 0.421. The zero-order chi connectivity index (χ0) is 22.6. The van der Waals surface area contributed by atoms with E-state index in [4.69, 9.17) is 0 Å². The van der Waals surface area contributed by atoms with Gasteiger partial charge in [0.15, 0.2) is 0 Å². The van der Waals surface area contributed by atoms with Gasteiger partial charge in [-0.1, -0.05) is 79.4 Å². The van der Waals surface area contributed by atoms with Crippen molar-refractivity contribution in [3.05, 3.63) is 11.6 Å². The Morgan fingerprint density at radius 3 is 2.29 bits per heavy atom. The van der Waals surface area contributed by atoms with Gasteiger partial charge in [-0.2, -0.15) is 0 Å². The van der Waals surface area contributed by atoms with Crippen molar-refractivity contribution in [3.63, 3.8) is 0 Å². The summed E-state index contributed by atoms with van der Waals surface area (Å²) in [4.78, 5) is 0. The monoisotopic (exact) mass is 428 g/mol. The predicted molar refractivity (Wildman–Crippen MR) is 133 cm³/mol. The number of hydrogen-bond donors (Lipinski definition) is 1. The fraction of sp³-hybridized carbons (Fsp3) is 0.933. The van der Waals surface area contributed by atoms with Crippen LogP contribution in [0.15, 0.2) is 11.6 Å². The van der Waals surface area contributed by atoms with E-state index in [9.17, 15) is 5.11 Å². The fourth-order valence-electron chi connectivity index (χ4n) is 9.64. The van der Waals surface area contributed by atoms with Gasteiger partial charge < -0.3 is 5.11 Å². The standard InChI is InChI=1S/C30H52O/c1-8-28(5)26-15-12-22-24-14-13-23(21(4)11-9-10-20(2)3)29(24,6)18-16-25(22)30(26,7)19-17-27(28)31/h12,20-21,23-27,31H,8-11,13-19H2,1-7H3/t21-,23-,24+,25+,26?,27-,28-,29-,30-/m1/s1. The molecule has 1 unspecified atom stereocenters. The number of aliphatic hydroxyl groups is 1. The zero-order valence-corrected chi connectivity index (χ0v) is 21.8. The van der Waals surface area contributed by atoms with Crippen molar-refractivity contribution >= 4 is 0 Å². The Hall–Kier alpha value is -0.300. The molecule has 0 saturated heterocycles. The predicted octanol–water partition coefficient (Wildman–Crippen LogP) is 8.41. The maximum Gasteiger partial charge on any atom is 0.0596 e. The molecule has 0 bridgehead atoms. The number of hydrogen-bond acceptors (Lipinski definition) is 1. The van der Waals surface area contributed by atoms with Crippen LogP contribution < -0.4 is 0 Å². The number of aliphatic hydroxyl groups excluding tert-OH is 1. The van der Waals surface area contributed by atoms with Gasteiger partial charge in [0.1, 0.15) is 0 Å². The Balaban J connectivity index is 1.56. The van der Waals surface area contributed by atoms with Gasteiger partial charge in [-0.25, -0.2) is 0 Å². The molecule has 0 aromatic heterocycles. The van der Waals surface area contributed by atoms with Crippen LogP contribution in [-0.2, 0) is 0 Å². The first-order valence-corrected chi connectivity index (χ1v) is 14.0. The maximum absolute atomic E-state index is 10.9. The van der Waals surface area contributed by atoms with Gasteiger partial charge in [-0.15, -0.1) is 0 Å². The molecular weight excluding hydrogens is 376 g/mol. The Morgan fingerprint density at radius 2 is 1.61 bits per heavy atom. The van der Waals surface area contributed by atoms with Crippen molar-refractivity contribution in [1.82, 2.24) is 0 Å². The van der Waals surface area contributed by atoms with Gasteiger partial charge >= 0.3 is 0 Å². The molecule has 0 heterocycles. The minimum atomic E-state index is -0.109. The molecule has 4 aliphatic rings. The van der Waals surface area contributed by atoms with Gasteiger partial charge in [0.05, 0.1) is 6.10 Å². The van der Waals surface area contributed by atoms with E-state index in [0.717, 1.165) is 42.4 Å². The molecule has 0 amide bonds. The summed E-state index contributed by atoms with van der Waals surface area (Å²) in [6.45, 7) is 17.3. The molecule has 31 heavy (non-hydrogen) atoms. The molecule has 9 atom stereocenters. The van der Waals surface area contributed by atoms with E-state index in [1.165, 1.54) is 57.8 Å². The Bertz CT molecular complexity index is 678. The molecule has 4 rings (SSSR count). The van der Waals surface area contributed by atoms with Gasteiger partial charge in [0.2, 0.25) is 0 Å². The van der Waals surface area contributed by atoms with Crippen LogP contribution in [-0.4, -0.2) is 11.2 Å². The fourth-order valence-corrected chi connectivity index (χ4v) is 9.64. The van der Waals surface area contributed by atoms with Gasteiger partial charge in [0, 0.05) is 0 Å². The van der Waals surface area contributed by atoms with Gasteiger partial charge in [-0.3, -0.25) is 0 Å². The van der Waals surface area contributed by atoms with Crippen LogP contribution in [0.1, 0.15) is 119 Å². The minimum absolute atomic E-state index is 0.0962. The molecule has 0 aromatic rings. The van der Waals surface area contributed by atoms with Crippen molar-refractivity contribution in [1.29, 1.82) is 0 Å². The average Bonchev–Trinajstić information content (AvgIpc) is 3.08. The highest BCUT2D eigenvalue weighted by Gasteiger charge is 2.61. The molecule has 0 aliphatic heterocycles. The molecule has 3 fully saturated rings. The second kappa shape index (κ2) is 8.48. The molecule has 3 saturated carbocycles. The lowest BCUT2D eigenvalue weighted by Gasteiger charge is -2.62. The van der Waals surface area contributed by atoms with Gasteiger partial charge in [0.25, 0.3) is 0 Å². The summed E-state index contributed by atoms with van der Waals surface area (Å²) in [6.07, 6.45) is 17.2. The second-order valence-corrected chi connectivity index (χ2v) is 13.5. The van der Waals surface area contributed by atoms with Crippen LogP contribution >= 0.6 is 0 Å². The first kappa shape index (κ1) is 23.8. The van der Waals surface area contributed by atoms with Crippen LogP contribution in [0.25, 0.3) is 0 Å². The summed E-state index contributed by atoms with van der Waals surface area (Å²) in [5.41, 5.74) is 2.90. The summed E-state index contributed by atoms with van der Waals surface area (Å²) < 4.78 is 0. The van der Waals surface area contributed by atoms with E-state index in [1.54, 1.807) is 0 Å². The molecular formula is C30H52O. The van der Waals surface area contributed by atoms with E-state index in [0.29, 0.717) is 16.7 Å². The maximum atomic E-state index is 10.9. The van der Waals surface area contributed by atoms with Crippen LogP contribution in [0.3, 0.4) is 0 Å². The number of rotatable bonds is 6. The lowest BCUT2D eigenvalue weighted by Crippen LogP contribution is -2.57. The lowest BCUT2D eigenvalue weighted by atomic mass is 9.43.